The lowest BCUT2D eigenvalue weighted by atomic mass is 10.1. The van der Waals surface area contributed by atoms with Crippen molar-refractivity contribution in [2.24, 2.45) is 7.05 Å². The van der Waals surface area contributed by atoms with Crippen LogP contribution in [0.2, 0.25) is 0 Å². The van der Waals surface area contributed by atoms with Gasteiger partial charge < -0.3 is 10.8 Å². The summed E-state index contributed by atoms with van der Waals surface area (Å²) in [6.07, 6.45) is 0. The molecule has 0 amide bonds. The second-order valence-electron chi connectivity index (χ2n) is 3.27. The largest absolute Gasteiger partial charge is 0.478 e. The Hall–Kier alpha value is -2.44. The van der Waals surface area contributed by atoms with E-state index in [-0.39, 0.29) is 5.56 Å². The number of nitrogen functional groups attached to an aromatic ring is 1. The predicted molar refractivity (Wildman–Crippen MR) is 55.6 cm³/mol. The summed E-state index contributed by atoms with van der Waals surface area (Å²) in [7, 11) is 1.67. The van der Waals surface area contributed by atoms with E-state index in [0.717, 1.165) is 0 Å². The molecule has 0 aliphatic rings. The number of nitrogens with zero attached hydrogens (tertiary/aromatic N) is 4. The Kier molecular flexibility index (Phi) is 2.28. The van der Waals surface area contributed by atoms with Gasteiger partial charge in [-0.25, -0.2) is 9.48 Å². The molecule has 0 saturated carbocycles. The molecule has 1 aromatic heterocycles. The molecule has 0 aliphatic heterocycles. The van der Waals surface area contributed by atoms with Gasteiger partial charge in [-0.2, -0.15) is 0 Å². The minimum absolute atomic E-state index is 0.109. The number of hydrogen-bond donors (Lipinski definition) is 2. The molecule has 1 aromatic carbocycles. The van der Waals surface area contributed by atoms with Crippen LogP contribution in [-0.4, -0.2) is 31.3 Å². The Balaban J connectivity index is 2.58. The highest BCUT2D eigenvalue weighted by Crippen LogP contribution is 2.20. The third-order valence-electron chi connectivity index (χ3n) is 2.08. The minimum Gasteiger partial charge on any atom is -0.478 e. The van der Waals surface area contributed by atoms with Crippen molar-refractivity contribution < 1.29 is 9.90 Å². The van der Waals surface area contributed by atoms with Gasteiger partial charge in [0.15, 0.2) is 5.82 Å². The van der Waals surface area contributed by atoms with E-state index in [1.165, 1.54) is 16.8 Å². The summed E-state index contributed by atoms with van der Waals surface area (Å²) in [5, 5.41) is 19.8. The van der Waals surface area contributed by atoms with Crippen molar-refractivity contribution in [2.45, 2.75) is 0 Å². The maximum Gasteiger partial charge on any atom is 0.335 e. The van der Waals surface area contributed by atoms with E-state index in [1.54, 1.807) is 13.1 Å². The van der Waals surface area contributed by atoms with Crippen LogP contribution < -0.4 is 5.73 Å². The zero-order valence-electron chi connectivity index (χ0n) is 8.45. The zero-order valence-corrected chi connectivity index (χ0v) is 8.45. The first kappa shape index (κ1) is 10.1. The molecule has 0 bridgehead atoms. The molecule has 7 nitrogen and oxygen atoms in total. The monoisotopic (exact) mass is 219 g/mol. The lowest BCUT2D eigenvalue weighted by molar-refractivity contribution is 0.0697. The summed E-state index contributed by atoms with van der Waals surface area (Å²) >= 11 is 0. The fourth-order valence-corrected chi connectivity index (χ4v) is 1.38. The topological polar surface area (TPSA) is 107 Å². The van der Waals surface area contributed by atoms with Crippen LogP contribution in [0.5, 0.6) is 0 Å². The van der Waals surface area contributed by atoms with Gasteiger partial charge in [-0.05, 0) is 28.6 Å². The molecule has 3 N–H and O–H groups in total. The molecular weight excluding hydrogens is 210 g/mol. The van der Waals surface area contributed by atoms with Gasteiger partial charge in [-0.15, -0.1) is 5.10 Å². The Morgan fingerprint density at radius 1 is 1.44 bits per heavy atom. The second-order valence-corrected chi connectivity index (χ2v) is 3.27. The number of tetrazole rings is 1. The summed E-state index contributed by atoms with van der Waals surface area (Å²) in [6, 6.07) is 4.48. The summed E-state index contributed by atoms with van der Waals surface area (Å²) < 4.78 is 1.44. The lowest BCUT2D eigenvalue weighted by Crippen LogP contribution is -2.01. The number of aryl methyl sites for hydroxylation is 1. The van der Waals surface area contributed by atoms with Crippen LogP contribution in [0.1, 0.15) is 10.4 Å². The van der Waals surface area contributed by atoms with Crippen molar-refractivity contribution in [1.29, 1.82) is 0 Å². The molecule has 0 spiro atoms. The first-order valence-electron chi connectivity index (χ1n) is 4.44. The quantitative estimate of drug-likeness (QED) is 0.696. The predicted octanol–water partition coefficient (Wildman–Crippen LogP) is 0.157. The van der Waals surface area contributed by atoms with Crippen molar-refractivity contribution in [3.63, 3.8) is 0 Å². The molecule has 7 heteroatoms. The van der Waals surface area contributed by atoms with Gasteiger partial charge >= 0.3 is 5.97 Å². The molecular formula is C9H9N5O2. The van der Waals surface area contributed by atoms with Crippen LogP contribution in [0, 0.1) is 0 Å². The van der Waals surface area contributed by atoms with Crippen molar-refractivity contribution >= 4 is 11.7 Å². The molecule has 16 heavy (non-hydrogen) atoms. The number of rotatable bonds is 2. The fourth-order valence-electron chi connectivity index (χ4n) is 1.38. The standard InChI is InChI=1S/C9H9N5O2/c1-14-8(11-12-13-14)5-2-6(9(15)16)4-7(10)3-5/h2-4H,10H2,1H3,(H,15,16). The van der Waals surface area contributed by atoms with E-state index in [4.69, 9.17) is 10.8 Å². The van der Waals surface area contributed by atoms with Crippen molar-refractivity contribution in [2.75, 3.05) is 5.73 Å². The number of carbonyl (C=O) groups is 1. The first-order chi connectivity index (χ1) is 7.58. The van der Waals surface area contributed by atoms with Gasteiger partial charge in [0.25, 0.3) is 0 Å². The Labute approximate surface area is 90.5 Å². The number of benzene rings is 1. The average molecular weight is 219 g/mol. The van der Waals surface area contributed by atoms with Crippen LogP contribution >= 0.6 is 0 Å². The molecule has 82 valence electrons. The van der Waals surface area contributed by atoms with E-state index in [9.17, 15) is 4.79 Å². The van der Waals surface area contributed by atoms with Crippen LogP contribution in [0.15, 0.2) is 18.2 Å². The highest BCUT2D eigenvalue weighted by molar-refractivity contribution is 5.90. The van der Waals surface area contributed by atoms with Gasteiger partial charge in [0, 0.05) is 18.3 Å². The molecule has 0 radical (unpaired) electrons. The first-order valence-corrected chi connectivity index (χ1v) is 4.44. The van der Waals surface area contributed by atoms with Crippen molar-refractivity contribution in [3.05, 3.63) is 23.8 Å². The fraction of sp³-hybridized carbons (Fsp3) is 0.111. The highest BCUT2D eigenvalue weighted by atomic mass is 16.4. The number of carboxylic acid groups (broad SMARTS) is 1. The third kappa shape index (κ3) is 1.70. The van der Waals surface area contributed by atoms with Gasteiger partial charge in [0.05, 0.1) is 5.56 Å². The van der Waals surface area contributed by atoms with Gasteiger partial charge in [0.2, 0.25) is 0 Å². The van der Waals surface area contributed by atoms with Gasteiger partial charge in [0.1, 0.15) is 0 Å². The zero-order chi connectivity index (χ0) is 11.7. The highest BCUT2D eigenvalue weighted by Gasteiger charge is 2.11. The van der Waals surface area contributed by atoms with E-state index in [0.29, 0.717) is 17.1 Å². The maximum absolute atomic E-state index is 10.8. The maximum atomic E-state index is 10.8. The Bertz CT molecular complexity index is 549. The van der Waals surface area contributed by atoms with Gasteiger partial charge in [-0.1, -0.05) is 0 Å². The molecule has 0 saturated heterocycles. The summed E-state index contributed by atoms with van der Waals surface area (Å²) in [5.41, 5.74) is 6.65. The van der Waals surface area contributed by atoms with E-state index in [2.05, 4.69) is 15.5 Å². The number of anilines is 1. The minimum atomic E-state index is -1.04. The molecule has 0 fully saturated rings. The van der Waals surface area contributed by atoms with E-state index < -0.39 is 5.97 Å². The van der Waals surface area contributed by atoms with E-state index in [1.807, 2.05) is 0 Å². The smallest absolute Gasteiger partial charge is 0.335 e. The van der Waals surface area contributed by atoms with Crippen LogP contribution in [-0.2, 0) is 7.05 Å². The number of aromatic nitrogens is 4. The number of aromatic carboxylic acids is 1. The molecule has 0 unspecified atom stereocenters. The van der Waals surface area contributed by atoms with E-state index >= 15 is 0 Å². The lowest BCUT2D eigenvalue weighted by Gasteiger charge is -2.03. The van der Waals surface area contributed by atoms with Crippen LogP contribution in [0.3, 0.4) is 0 Å². The summed E-state index contributed by atoms with van der Waals surface area (Å²) in [5.74, 6) is -0.571. The van der Waals surface area contributed by atoms with Gasteiger partial charge in [-0.3, -0.25) is 0 Å². The normalized spacial score (nSPS) is 10.3. The molecule has 2 aromatic rings. The third-order valence-corrected chi connectivity index (χ3v) is 2.08. The number of hydrogen-bond acceptors (Lipinski definition) is 5. The van der Waals surface area contributed by atoms with Crippen LogP contribution in [0.4, 0.5) is 5.69 Å². The molecule has 0 aliphatic carbocycles. The van der Waals surface area contributed by atoms with Crippen LogP contribution in [0.25, 0.3) is 11.4 Å². The Morgan fingerprint density at radius 3 is 2.75 bits per heavy atom. The van der Waals surface area contributed by atoms with Crippen molar-refractivity contribution in [3.8, 4) is 11.4 Å². The summed E-state index contributed by atoms with van der Waals surface area (Å²) in [6.45, 7) is 0. The summed E-state index contributed by atoms with van der Waals surface area (Å²) in [4.78, 5) is 10.8. The Morgan fingerprint density at radius 2 is 2.19 bits per heavy atom. The number of nitrogens with two attached hydrogens (primary N) is 1. The molecule has 2 rings (SSSR count). The molecule has 1 heterocycles. The second kappa shape index (κ2) is 3.61. The molecule has 0 atom stereocenters. The number of carboxylic acids is 1. The van der Waals surface area contributed by atoms with Crippen molar-refractivity contribution in [1.82, 2.24) is 20.2 Å². The SMILES string of the molecule is Cn1nnnc1-c1cc(N)cc(C(=O)O)c1. The average Bonchev–Trinajstić information content (AvgIpc) is 2.63.